The molecule has 0 bridgehead atoms. The summed E-state index contributed by atoms with van der Waals surface area (Å²) in [5, 5.41) is 4.14. The number of aromatic nitrogens is 2. The largest absolute Gasteiger partial charge is 0.382 e. The van der Waals surface area contributed by atoms with Crippen molar-refractivity contribution in [1.82, 2.24) is 9.78 Å². The maximum absolute atomic E-state index is 12.9. The van der Waals surface area contributed by atoms with Crippen LogP contribution in [0.25, 0.3) is 5.69 Å². The van der Waals surface area contributed by atoms with E-state index in [9.17, 15) is 4.39 Å². The van der Waals surface area contributed by atoms with Crippen molar-refractivity contribution in [3.63, 3.8) is 0 Å². The Hall–Kier alpha value is -1.11. The second-order valence-electron chi connectivity index (χ2n) is 3.22. The summed E-state index contributed by atoms with van der Waals surface area (Å²) >= 11 is 2.07. The highest BCUT2D eigenvalue weighted by Gasteiger charge is 2.08. The van der Waals surface area contributed by atoms with Gasteiger partial charge >= 0.3 is 0 Å². The molecule has 1 heterocycles. The van der Waals surface area contributed by atoms with Crippen LogP contribution >= 0.6 is 22.6 Å². The van der Waals surface area contributed by atoms with E-state index in [1.165, 1.54) is 12.1 Å². The predicted octanol–water partition coefficient (Wildman–Crippen LogP) is 2.51. The van der Waals surface area contributed by atoms with Gasteiger partial charge < -0.3 is 5.73 Å². The Bertz CT molecular complexity index is 507. The summed E-state index contributed by atoms with van der Waals surface area (Å²) in [6.45, 7) is 1.91. The summed E-state index contributed by atoms with van der Waals surface area (Å²) in [5.41, 5.74) is 7.36. The van der Waals surface area contributed by atoms with Crippen molar-refractivity contribution in [2.24, 2.45) is 0 Å². The highest BCUT2D eigenvalue weighted by molar-refractivity contribution is 14.1. The first-order chi connectivity index (χ1) is 7.08. The van der Waals surface area contributed by atoms with Gasteiger partial charge in [-0.1, -0.05) is 0 Å². The van der Waals surface area contributed by atoms with Crippen molar-refractivity contribution in [1.29, 1.82) is 0 Å². The molecule has 0 spiro atoms. The molecule has 0 aliphatic rings. The van der Waals surface area contributed by atoms with E-state index in [1.54, 1.807) is 16.8 Å². The minimum Gasteiger partial charge on any atom is -0.382 e. The van der Waals surface area contributed by atoms with Crippen LogP contribution in [-0.2, 0) is 0 Å². The Morgan fingerprint density at radius 2 is 2.13 bits per heavy atom. The van der Waals surface area contributed by atoms with Gasteiger partial charge in [-0.2, -0.15) is 5.10 Å². The summed E-state index contributed by atoms with van der Waals surface area (Å²) in [7, 11) is 0. The molecule has 2 rings (SSSR count). The van der Waals surface area contributed by atoms with E-state index in [0.29, 0.717) is 5.82 Å². The fourth-order valence-corrected chi connectivity index (χ4v) is 2.10. The van der Waals surface area contributed by atoms with Crippen LogP contribution < -0.4 is 5.73 Å². The maximum atomic E-state index is 12.9. The SMILES string of the molecule is Cc1cc(N)nn1-c1ccc(F)cc1I. The van der Waals surface area contributed by atoms with Crippen molar-refractivity contribution in [3.05, 3.63) is 39.3 Å². The molecule has 15 heavy (non-hydrogen) atoms. The average molecular weight is 317 g/mol. The van der Waals surface area contributed by atoms with Crippen molar-refractivity contribution in [3.8, 4) is 5.69 Å². The van der Waals surface area contributed by atoms with E-state index in [0.717, 1.165) is 15.0 Å². The van der Waals surface area contributed by atoms with Crippen LogP contribution in [0.1, 0.15) is 5.69 Å². The van der Waals surface area contributed by atoms with E-state index in [-0.39, 0.29) is 5.82 Å². The molecule has 2 N–H and O–H groups in total. The molecule has 0 radical (unpaired) electrons. The number of nitrogen functional groups attached to an aromatic ring is 1. The summed E-state index contributed by atoms with van der Waals surface area (Å²) in [6, 6.07) is 6.35. The number of hydrogen-bond donors (Lipinski definition) is 1. The molecule has 0 saturated heterocycles. The minimum absolute atomic E-state index is 0.249. The number of aryl methyl sites for hydroxylation is 1. The molecule has 78 valence electrons. The third-order valence-electron chi connectivity index (χ3n) is 2.04. The van der Waals surface area contributed by atoms with Crippen molar-refractivity contribution < 1.29 is 4.39 Å². The van der Waals surface area contributed by atoms with Crippen LogP contribution in [0.2, 0.25) is 0 Å². The zero-order chi connectivity index (χ0) is 11.0. The number of rotatable bonds is 1. The second kappa shape index (κ2) is 3.80. The molecule has 0 amide bonds. The summed E-state index contributed by atoms with van der Waals surface area (Å²) < 4.78 is 15.4. The first kappa shape index (κ1) is 10.4. The number of nitrogens with zero attached hydrogens (tertiary/aromatic N) is 2. The molecule has 1 aromatic carbocycles. The summed E-state index contributed by atoms with van der Waals surface area (Å²) in [5.74, 6) is 0.216. The monoisotopic (exact) mass is 317 g/mol. The lowest BCUT2D eigenvalue weighted by atomic mass is 10.3. The number of halogens is 2. The lowest BCUT2D eigenvalue weighted by molar-refractivity contribution is 0.625. The quantitative estimate of drug-likeness (QED) is 0.822. The molecule has 0 fully saturated rings. The molecule has 0 unspecified atom stereocenters. The maximum Gasteiger partial charge on any atom is 0.146 e. The van der Waals surface area contributed by atoms with Crippen molar-refractivity contribution in [2.75, 3.05) is 5.73 Å². The van der Waals surface area contributed by atoms with Gasteiger partial charge in [-0.05, 0) is 47.7 Å². The van der Waals surface area contributed by atoms with Gasteiger partial charge in [0.2, 0.25) is 0 Å². The normalized spacial score (nSPS) is 10.6. The van der Waals surface area contributed by atoms with Crippen molar-refractivity contribution >= 4 is 28.4 Å². The van der Waals surface area contributed by atoms with Crippen LogP contribution in [0.15, 0.2) is 24.3 Å². The molecule has 3 nitrogen and oxygen atoms in total. The first-order valence-corrected chi connectivity index (χ1v) is 5.43. The predicted molar refractivity (Wildman–Crippen MR) is 65.4 cm³/mol. The molecule has 0 saturated carbocycles. The molecule has 0 atom stereocenters. The van der Waals surface area contributed by atoms with Crippen LogP contribution in [-0.4, -0.2) is 9.78 Å². The van der Waals surface area contributed by atoms with Crippen LogP contribution in [0, 0.1) is 16.3 Å². The van der Waals surface area contributed by atoms with Gasteiger partial charge in [0.15, 0.2) is 0 Å². The zero-order valence-corrected chi connectivity index (χ0v) is 10.2. The number of hydrogen-bond acceptors (Lipinski definition) is 2. The molecular weight excluding hydrogens is 308 g/mol. The van der Waals surface area contributed by atoms with E-state index >= 15 is 0 Å². The number of nitrogens with two attached hydrogens (primary N) is 1. The molecule has 0 aliphatic heterocycles. The Labute approximate surface area is 100 Å². The van der Waals surface area contributed by atoms with Gasteiger partial charge in [-0.3, -0.25) is 0 Å². The van der Waals surface area contributed by atoms with Gasteiger partial charge in [0.25, 0.3) is 0 Å². The Balaban J connectivity index is 2.59. The highest BCUT2D eigenvalue weighted by atomic mass is 127. The van der Waals surface area contributed by atoms with Gasteiger partial charge in [0, 0.05) is 15.3 Å². The Morgan fingerprint density at radius 3 is 2.67 bits per heavy atom. The van der Waals surface area contributed by atoms with E-state index in [1.807, 2.05) is 6.92 Å². The molecule has 2 aromatic rings. The summed E-state index contributed by atoms with van der Waals surface area (Å²) in [4.78, 5) is 0. The number of benzene rings is 1. The fourth-order valence-electron chi connectivity index (χ4n) is 1.40. The third-order valence-corrected chi connectivity index (χ3v) is 2.91. The lowest BCUT2D eigenvalue weighted by Gasteiger charge is -2.06. The van der Waals surface area contributed by atoms with Crippen LogP contribution in [0.5, 0.6) is 0 Å². The molecule has 5 heteroatoms. The van der Waals surface area contributed by atoms with Gasteiger partial charge in [0.1, 0.15) is 11.6 Å². The molecule has 0 aliphatic carbocycles. The van der Waals surface area contributed by atoms with E-state index in [2.05, 4.69) is 27.7 Å². The minimum atomic E-state index is -0.249. The first-order valence-electron chi connectivity index (χ1n) is 4.35. The van der Waals surface area contributed by atoms with Crippen LogP contribution in [0.4, 0.5) is 10.2 Å². The van der Waals surface area contributed by atoms with Gasteiger partial charge in [-0.25, -0.2) is 9.07 Å². The fraction of sp³-hybridized carbons (Fsp3) is 0.100. The van der Waals surface area contributed by atoms with Crippen LogP contribution in [0.3, 0.4) is 0 Å². The Morgan fingerprint density at radius 1 is 1.40 bits per heavy atom. The standard InChI is InChI=1S/C10H9FIN3/c1-6-4-10(13)14-15(6)9-3-2-7(11)5-8(9)12/h2-5H,1H3,(H2,13,14). The summed E-state index contributed by atoms with van der Waals surface area (Å²) in [6.07, 6.45) is 0. The topological polar surface area (TPSA) is 43.8 Å². The smallest absolute Gasteiger partial charge is 0.146 e. The second-order valence-corrected chi connectivity index (χ2v) is 4.38. The zero-order valence-electron chi connectivity index (χ0n) is 8.04. The van der Waals surface area contributed by atoms with E-state index in [4.69, 9.17) is 5.73 Å². The van der Waals surface area contributed by atoms with Gasteiger partial charge in [0.05, 0.1) is 5.69 Å². The van der Waals surface area contributed by atoms with Gasteiger partial charge in [-0.15, -0.1) is 0 Å². The Kier molecular flexibility index (Phi) is 2.64. The molecular formula is C10H9FIN3. The van der Waals surface area contributed by atoms with E-state index < -0.39 is 0 Å². The highest BCUT2D eigenvalue weighted by Crippen LogP contribution is 2.20. The number of anilines is 1. The van der Waals surface area contributed by atoms with Crippen molar-refractivity contribution in [2.45, 2.75) is 6.92 Å². The molecule has 1 aromatic heterocycles. The average Bonchev–Trinajstić information content (AvgIpc) is 2.45. The lowest BCUT2D eigenvalue weighted by Crippen LogP contribution is -2.02. The third kappa shape index (κ3) is 1.97.